The number of hydrogen-bond acceptors (Lipinski definition) is 7. The van der Waals surface area contributed by atoms with E-state index in [0.717, 1.165) is 30.8 Å². The molecule has 186 valence electrons. The molecule has 10 heteroatoms. The maximum Gasteiger partial charge on any atom is 0.251 e. The smallest absolute Gasteiger partial charge is 0.251 e. The molecule has 0 spiro atoms. The number of carbonyl (C=O) groups is 1. The summed E-state index contributed by atoms with van der Waals surface area (Å²) in [6.45, 7) is 6.88. The number of nitrogens with one attached hydrogen (secondary N) is 1. The molecule has 9 nitrogen and oxygen atoms in total. The standard InChI is InChI=1S/C25H31FN6O3/c1-14-4-5-15(2)32(14)20-7-6-16(11-29-20)25-30-22-21(26)18(24(27)33)10-19(34-3)23(22)31(25)13-17-12-28-8-9-35-17/h6-7,10-11,14-15,17,28H,4-5,8-9,12-13H2,1-3H3,(H2,27,33)/t14-,15-,17-/m0/s1. The number of hydrogen-bond donors (Lipinski definition) is 2. The number of nitrogens with two attached hydrogens (primary N) is 1. The van der Waals surface area contributed by atoms with Gasteiger partial charge in [-0.15, -0.1) is 0 Å². The number of imidazole rings is 1. The highest BCUT2D eigenvalue weighted by molar-refractivity contribution is 5.99. The molecule has 0 aliphatic carbocycles. The summed E-state index contributed by atoms with van der Waals surface area (Å²) in [4.78, 5) is 23.6. The number of morpholine rings is 1. The third-order valence-corrected chi connectivity index (χ3v) is 7.02. The number of carbonyl (C=O) groups excluding carboxylic acids is 1. The van der Waals surface area contributed by atoms with E-state index in [1.807, 2.05) is 16.7 Å². The van der Waals surface area contributed by atoms with Gasteiger partial charge in [-0.05, 0) is 44.9 Å². The zero-order chi connectivity index (χ0) is 24.7. The molecule has 0 unspecified atom stereocenters. The van der Waals surface area contributed by atoms with Gasteiger partial charge < -0.3 is 30.0 Å². The lowest BCUT2D eigenvalue weighted by Gasteiger charge is -2.27. The lowest BCUT2D eigenvalue weighted by molar-refractivity contribution is 0.0191. The summed E-state index contributed by atoms with van der Waals surface area (Å²) in [6.07, 6.45) is 3.90. The van der Waals surface area contributed by atoms with Crippen LogP contribution in [0.2, 0.25) is 0 Å². The Labute approximate surface area is 203 Å². The van der Waals surface area contributed by atoms with Gasteiger partial charge in [0.05, 0.1) is 31.9 Å². The predicted octanol–water partition coefficient (Wildman–Crippen LogP) is 2.71. The van der Waals surface area contributed by atoms with E-state index in [1.165, 1.54) is 13.2 Å². The zero-order valence-corrected chi connectivity index (χ0v) is 20.3. The summed E-state index contributed by atoms with van der Waals surface area (Å²) in [5.74, 6) is 0.115. The van der Waals surface area contributed by atoms with Crippen LogP contribution in [-0.4, -0.2) is 65.4 Å². The van der Waals surface area contributed by atoms with E-state index in [1.54, 1.807) is 6.20 Å². The Morgan fingerprint density at radius 3 is 2.69 bits per heavy atom. The van der Waals surface area contributed by atoms with Crippen LogP contribution >= 0.6 is 0 Å². The molecule has 2 aromatic heterocycles. The topological polar surface area (TPSA) is 108 Å². The molecule has 3 N–H and O–H groups in total. The van der Waals surface area contributed by atoms with Gasteiger partial charge in [-0.25, -0.2) is 14.4 Å². The van der Waals surface area contributed by atoms with Crippen LogP contribution in [-0.2, 0) is 11.3 Å². The zero-order valence-electron chi connectivity index (χ0n) is 20.3. The van der Waals surface area contributed by atoms with Crippen molar-refractivity contribution in [3.05, 3.63) is 35.8 Å². The fourth-order valence-corrected chi connectivity index (χ4v) is 5.24. The first-order chi connectivity index (χ1) is 16.9. The number of rotatable bonds is 6. The van der Waals surface area contributed by atoms with Gasteiger partial charge in [-0.2, -0.15) is 0 Å². The summed E-state index contributed by atoms with van der Waals surface area (Å²) in [5.41, 5.74) is 6.37. The van der Waals surface area contributed by atoms with Crippen molar-refractivity contribution >= 4 is 22.8 Å². The van der Waals surface area contributed by atoms with Gasteiger partial charge >= 0.3 is 0 Å². The second-order valence-electron chi connectivity index (χ2n) is 9.33. The largest absolute Gasteiger partial charge is 0.494 e. The van der Waals surface area contributed by atoms with Gasteiger partial charge in [0.1, 0.15) is 28.4 Å². The number of primary amides is 1. The number of nitrogens with zero attached hydrogens (tertiary/aromatic N) is 4. The molecule has 1 amide bonds. The molecule has 2 aliphatic heterocycles. The molecule has 0 saturated carbocycles. The monoisotopic (exact) mass is 482 g/mol. The lowest BCUT2D eigenvalue weighted by Crippen LogP contribution is -2.40. The first kappa shape index (κ1) is 23.5. The minimum atomic E-state index is -0.876. The molecule has 5 rings (SSSR count). The van der Waals surface area contributed by atoms with Crippen LogP contribution in [0, 0.1) is 5.82 Å². The first-order valence-corrected chi connectivity index (χ1v) is 12.0. The summed E-state index contributed by atoms with van der Waals surface area (Å²) >= 11 is 0. The van der Waals surface area contributed by atoms with E-state index in [0.29, 0.717) is 48.9 Å². The van der Waals surface area contributed by atoms with Crippen molar-refractivity contribution in [3.63, 3.8) is 0 Å². The molecule has 3 aromatic rings. The average Bonchev–Trinajstić information content (AvgIpc) is 3.40. The van der Waals surface area contributed by atoms with Crippen molar-refractivity contribution in [1.29, 1.82) is 0 Å². The number of aromatic nitrogens is 3. The third-order valence-electron chi connectivity index (χ3n) is 7.02. The maximum absolute atomic E-state index is 15.4. The van der Waals surface area contributed by atoms with Crippen LogP contribution < -0.4 is 20.7 Å². The summed E-state index contributed by atoms with van der Waals surface area (Å²) in [7, 11) is 1.47. The van der Waals surface area contributed by atoms with Crippen LogP contribution in [0.4, 0.5) is 10.2 Å². The number of ether oxygens (including phenoxy) is 2. The average molecular weight is 483 g/mol. The second kappa shape index (κ2) is 9.43. The lowest BCUT2D eigenvalue weighted by atomic mass is 10.1. The summed E-state index contributed by atoms with van der Waals surface area (Å²) in [6, 6.07) is 6.12. The SMILES string of the molecule is COc1cc(C(N)=O)c(F)c2nc(-c3ccc(N4[C@@H](C)CC[C@@H]4C)nc3)n(C[C@@H]3CNCCO3)c12. The molecular formula is C25H31FN6O3. The predicted molar refractivity (Wildman–Crippen MR) is 131 cm³/mol. The molecule has 35 heavy (non-hydrogen) atoms. The van der Waals surface area contributed by atoms with Crippen LogP contribution in [0.15, 0.2) is 24.4 Å². The minimum absolute atomic E-state index is 0.0304. The highest BCUT2D eigenvalue weighted by atomic mass is 19.1. The molecule has 0 radical (unpaired) electrons. The molecule has 2 aliphatic rings. The number of fused-ring (bicyclic) bond motifs is 1. The fraction of sp³-hybridized carbons (Fsp3) is 0.480. The van der Waals surface area contributed by atoms with E-state index in [9.17, 15) is 4.79 Å². The van der Waals surface area contributed by atoms with Gasteiger partial charge in [0.15, 0.2) is 5.82 Å². The number of anilines is 1. The van der Waals surface area contributed by atoms with E-state index >= 15 is 4.39 Å². The van der Waals surface area contributed by atoms with Crippen molar-refractivity contribution in [2.24, 2.45) is 5.73 Å². The van der Waals surface area contributed by atoms with Gasteiger partial charge in [0.25, 0.3) is 5.91 Å². The minimum Gasteiger partial charge on any atom is -0.494 e. The van der Waals surface area contributed by atoms with Crippen LogP contribution in [0.25, 0.3) is 22.4 Å². The van der Waals surface area contributed by atoms with Crippen molar-refractivity contribution in [2.45, 2.75) is 51.4 Å². The molecule has 1 aromatic carbocycles. The van der Waals surface area contributed by atoms with E-state index in [2.05, 4.69) is 29.0 Å². The Morgan fingerprint density at radius 2 is 2.09 bits per heavy atom. The van der Waals surface area contributed by atoms with E-state index in [-0.39, 0.29) is 17.2 Å². The molecule has 2 saturated heterocycles. The van der Waals surface area contributed by atoms with Crippen LogP contribution in [0.1, 0.15) is 37.0 Å². The summed E-state index contributed by atoms with van der Waals surface area (Å²) < 4.78 is 28.7. The molecule has 2 fully saturated rings. The number of halogens is 1. The first-order valence-electron chi connectivity index (χ1n) is 12.0. The van der Waals surface area contributed by atoms with Crippen LogP contribution in [0.5, 0.6) is 5.75 Å². The van der Waals surface area contributed by atoms with Crippen molar-refractivity contribution in [1.82, 2.24) is 19.9 Å². The highest BCUT2D eigenvalue weighted by Gasteiger charge is 2.29. The van der Waals surface area contributed by atoms with E-state index in [4.69, 9.17) is 20.2 Å². The van der Waals surface area contributed by atoms with Gasteiger partial charge in [0.2, 0.25) is 0 Å². The molecule has 4 heterocycles. The number of pyridine rings is 1. The Bertz CT molecular complexity index is 1230. The Balaban J connectivity index is 1.64. The molecule has 0 bridgehead atoms. The second-order valence-corrected chi connectivity index (χ2v) is 9.33. The number of amides is 1. The van der Waals surface area contributed by atoms with Crippen molar-refractivity contribution in [3.8, 4) is 17.1 Å². The Morgan fingerprint density at radius 1 is 1.31 bits per heavy atom. The Kier molecular flexibility index (Phi) is 6.33. The highest BCUT2D eigenvalue weighted by Crippen LogP contribution is 2.36. The third kappa shape index (κ3) is 4.21. The van der Waals surface area contributed by atoms with Gasteiger partial charge in [0, 0.05) is 36.9 Å². The number of methoxy groups -OCH3 is 1. The van der Waals surface area contributed by atoms with Crippen molar-refractivity contribution < 1.29 is 18.7 Å². The maximum atomic E-state index is 15.4. The normalized spacial score (nSPS) is 22.6. The van der Waals surface area contributed by atoms with Gasteiger partial charge in [-0.3, -0.25) is 4.79 Å². The quantitative estimate of drug-likeness (QED) is 0.556. The molecular weight excluding hydrogens is 451 g/mol. The Hall–Kier alpha value is -3.24. The number of benzene rings is 1. The fourth-order valence-electron chi connectivity index (χ4n) is 5.24. The molecule has 3 atom stereocenters. The van der Waals surface area contributed by atoms with Gasteiger partial charge in [-0.1, -0.05) is 0 Å². The van der Waals surface area contributed by atoms with Crippen molar-refractivity contribution in [2.75, 3.05) is 31.7 Å². The van der Waals surface area contributed by atoms with E-state index < -0.39 is 11.7 Å². The summed E-state index contributed by atoms with van der Waals surface area (Å²) in [5, 5.41) is 3.32. The van der Waals surface area contributed by atoms with Crippen LogP contribution in [0.3, 0.4) is 0 Å².